The molecule has 88 valence electrons. The maximum atomic E-state index is 5.75. The Morgan fingerprint density at radius 2 is 1.60 bits per heavy atom. The smallest absolute Gasteiger partial charge is 0.0266 e. The third-order valence-corrected chi connectivity index (χ3v) is 2.00. The second kappa shape index (κ2) is 7.94. The summed E-state index contributed by atoms with van der Waals surface area (Å²) in [4.78, 5) is 2.15. The highest BCUT2D eigenvalue weighted by Gasteiger charge is 1.99. The van der Waals surface area contributed by atoms with Gasteiger partial charge >= 0.3 is 0 Å². The molecule has 0 radical (unpaired) electrons. The number of hydrogen-bond acceptors (Lipinski definition) is 2. The Balaban J connectivity index is 0. The zero-order valence-corrected chi connectivity index (χ0v) is 11.1. The van der Waals surface area contributed by atoms with E-state index in [9.17, 15) is 0 Å². The van der Waals surface area contributed by atoms with Gasteiger partial charge in [-0.25, -0.2) is 0 Å². The first-order valence-corrected chi connectivity index (χ1v) is 4.58. The molecule has 0 unspecified atom stereocenters. The van der Waals surface area contributed by atoms with Crippen LogP contribution in [0.4, 0.5) is 0 Å². The first kappa shape index (κ1) is 17.1. The van der Waals surface area contributed by atoms with Crippen molar-refractivity contribution in [2.24, 2.45) is 5.73 Å². The van der Waals surface area contributed by atoms with Crippen LogP contribution < -0.4 is 5.73 Å². The number of hydrogen-bond donors (Lipinski definition) is 1. The van der Waals surface area contributed by atoms with Gasteiger partial charge in [0.25, 0.3) is 0 Å². The quantitative estimate of drug-likeness (QED) is 0.894. The van der Waals surface area contributed by atoms with Crippen molar-refractivity contribution in [3.8, 4) is 0 Å². The van der Waals surface area contributed by atoms with Gasteiger partial charge in [-0.15, -0.1) is 24.8 Å². The Labute approximate surface area is 105 Å². The number of halogens is 2. The first-order chi connectivity index (χ1) is 6.09. The van der Waals surface area contributed by atoms with Gasteiger partial charge in [-0.05, 0) is 32.1 Å². The van der Waals surface area contributed by atoms with Crippen LogP contribution in [-0.4, -0.2) is 19.0 Å². The highest BCUT2D eigenvalue weighted by atomic mass is 35.5. The van der Waals surface area contributed by atoms with E-state index >= 15 is 0 Å². The minimum atomic E-state index is 0. The molecular formula is C11H20Cl2N2. The van der Waals surface area contributed by atoms with Crippen LogP contribution in [0.3, 0.4) is 0 Å². The third kappa shape index (κ3) is 6.00. The molecule has 0 heterocycles. The molecule has 2 nitrogen and oxygen atoms in total. The van der Waals surface area contributed by atoms with Gasteiger partial charge in [0.1, 0.15) is 0 Å². The van der Waals surface area contributed by atoms with Crippen molar-refractivity contribution >= 4 is 24.8 Å². The molecule has 2 N–H and O–H groups in total. The summed E-state index contributed by atoms with van der Waals surface area (Å²) in [5, 5.41) is 0. The molecule has 0 spiro atoms. The lowest BCUT2D eigenvalue weighted by molar-refractivity contribution is 0.402. The predicted octanol–water partition coefficient (Wildman–Crippen LogP) is 2.61. The molecule has 0 saturated heterocycles. The van der Waals surface area contributed by atoms with Crippen LogP contribution in [-0.2, 0) is 6.54 Å². The molecule has 0 amide bonds. The summed E-state index contributed by atoms with van der Waals surface area (Å²) in [6, 6.07) is 8.61. The molecule has 0 aliphatic heterocycles. The minimum Gasteiger partial charge on any atom is -0.324 e. The van der Waals surface area contributed by atoms with Gasteiger partial charge < -0.3 is 10.6 Å². The molecule has 4 heteroatoms. The molecule has 0 fully saturated rings. The Morgan fingerprint density at radius 3 is 1.93 bits per heavy atom. The predicted molar refractivity (Wildman–Crippen MR) is 70.9 cm³/mol. The molecular weight excluding hydrogens is 231 g/mol. The number of rotatable bonds is 3. The lowest BCUT2D eigenvalue weighted by Gasteiger charge is -2.11. The van der Waals surface area contributed by atoms with Crippen molar-refractivity contribution in [1.82, 2.24) is 4.90 Å². The summed E-state index contributed by atoms with van der Waals surface area (Å²) in [5.41, 5.74) is 8.28. The molecule has 15 heavy (non-hydrogen) atoms. The standard InChI is InChI=1S/C11H18N2.2ClH/c1-9(12)11-6-4-10(5-7-11)8-13(2)3;;/h4-7,9H,8,12H2,1-3H3;2*1H/t9-;;/m1../s1. The van der Waals surface area contributed by atoms with Crippen molar-refractivity contribution in [2.45, 2.75) is 19.5 Å². The Bertz CT molecular complexity index is 258. The summed E-state index contributed by atoms with van der Waals surface area (Å²) >= 11 is 0. The van der Waals surface area contributed by atoms with E-state index in [0.29, 0.717) is 0 Å². The fraction of sp³-hybridized carbons (Fsp3) is 0.455. The summed E-state index contributed by atoms with van der Waals surface area (Å²) in [6.07, 6.45) is 0. The summed E-state index contributed by atoms with van der Waals surface area (Å²) in [7, 11) is 4.14. The van der Waals surface area contributed by atoms with E-state index in [1.807, 2.05) is 6.92 Å². The van der Waals surface area contributed by atoms with Crippen LogP contribution in [0, 0.1) is 0 Å². The van der Waals surface area contributed by atoms with Crippen LogP contribution in [0.25, 0.3) is 0 Å². The van der Waals surface area contributed by atoms with Gasteiger partial charge in [0.15, 0.2) is 0 Å². The Kier molecular flexibility index (Phi) is 9.07. The van der Waals surface area contributed by atoms with E-state index in [1.54, 1.807) is 0 Å². The largest absolute Gasteiger partial charge is 0.324 e. The van der Waals surface area contributed by atoms with Gasteiger partial charge in [-0.1, -0.05) is 24.3 Å². The van der Waals surface area contributed by atoms with Crippen molar-refractivity contribution in [3.63, 3.8) is 0 Å². The average Bonchev–Trinajstić information content (AvgIpc) is 2.04. The summed E-state index contributed by atoms with van der Waals surface area (Å²) in [5.74, 6) is 0. The number of nitrogens with zero attached hydrogens (tertiary/aromatic N) is 1. The maximum Gasteiger partial charge on any atom is 0.0266 e. The molecule has 0 aliphatic carbocycles. The van der Waals surface area contributed by atoms with Gasteiger partial charge in [-0.3, -0.25) is 0 Å². The molecule has 0 saturated carbocycles. The van der Waals surface area contributed by atoms with E-state index in [-0.39, 0.29) is 30.9 Å². The Hall–Kier alpha value is -0.280. The van der Waals surface area contributed by atoms with Gasteiger partial charge in [0, 0.05) is 12.6 Å². The first-order valence-electron chi connectivity index (χ1n) is 4.58. The van der Waals surface area contributed by atoms with Gasteiger partial charge in [0.2, 0.25) is 0 Å². The number of benzene rings is 1. The number of nitrogens with two attached hydrogens (primary N) is 1. The molecule has 0 aromatic heterocycles. The van der Waals surface area contributed by atoms with Crippen molar-refractivity contribution in [1.29, 1.82) is 0 Å². The van der Waals surface area contributed by atoms with E-state index in [2.05, 4.69) is 43.3 Å². The highest BCUT2D eigenvalue weighted by molar-refractivity contribution is 5.85. The highest BCUT2D eigenvalue weighted by Crippen LogP contribution is 2.11. The van der Waals surface area contributed by atoms with E-state index in [1.165, 1.54) is 11.1 Å². The van der Waals surface area contributed by atoms with Crippen molar-refractivity contribution in [3.05, 3.63) is 35.4 Å². The van der Waals surface area contributed by atoms with Crippen LogP contribution >= 0.6 is 24.8 Å². The fourth-order valence-electron chi connectivity index (χ4n) is 1.29. The molecule has 1 aromatic rings. The minimum absolute atomic E-state index is 0. The van der Waals surface area contributed by atoms with Crippen LogP contribution in [0.2, 0.25) is 0 Å². The topological polar surface area (TPSA) is 29.3 Å². The second-order valence-corrected chi connectivity index (χ2v) is 3.77. The molecule has 1 atom stereocenters. The zero-order chi connectivity index (χ0) is 9.84. The Morgan fingerprint density at radius 1 is 1.13 bits per heavy atom. The molecule has 1 rings (SSSR count). The monoisotopic (exact) mass is 250 g/mol. The second-order valence-electron chi connectivity index (χ2n) is 3.77. The van der Waals surface area contributed by atoms with Crippen molar-refractivity contribution < 1.29 is 0 Å². The van der Waals surface area contributed by atoms with E-state index in [0.717, 1.165) is 6.54 Å². The van der Waals surface area contributed by atoms with Crippen LogP contribution in [0.15, 0.2) is 24.3 Å². The molecule has 1 aromatic carbocycles. The summed E-state index contributed by atoms with van der Waals surface area (Å²) in [6.45, 7) is 2.99. The maximum absolute atomic E-state index is 5.75. The van der Waals surface area contributed by atoms with Crippen LogP contribution in [0.1, 0.15) is 24.1 Å². The lowest BCUT2D eigenvalue weighted by atomic mass is 10.1. The summed E-state index contributed by atoms with van der Waals surface area (Å²) < 4.78 is 0. The fourth-order valence-corrected chi connectivity index (χ4v) is 1.29. The normalized spacial score (nSPS) is 11.5. The molecule has 0 bridgehead atoms. The van der Waals surface area contributed by atoms with E-state index < -0.39 is 0 Å². The lowest BCUT2D eigenvalue weighted by Crippen LogP contribution is -2.11. The third-order valence-electron chi connectivity index (χ3n) is 2.00. The van der Waals surface area contributed by atoms with Crippen molar-refractivity contribution in [2.75, 3.05) is 14.1 Å². The average molecular weight is 251 g/mol. The SMILES string of the molecule is C[C@@H](N)c1ccc(CN(C)C)cc1.Cl.Cl. The van der Waals surface area contributed by atoms with Gasteiger partial charge in [-0.2, -0.15) is 0 Å². The van der Waals surface area contributed by atoms with Crippen LogP contribution in [0.5, 0.6) is 0 Å². The zero-order valence-electron chi connectivity index (χ0n) is 9.43. The van der Waals surface area contributed by atoms with E-state index in [4.69, 9.17) is 5.73 Å². The van der Waals surface area contributed by atoms with Gasteiger partial charge in [0.05, 0.1) is 0 Å². The molecule has 0 aliphatic rings.